The van der Waals surface area contributed by atoms with E-state index in [1.54, 1.807) is 0 Å². The second-order valence-corrected chi connectivity index (χ2v) is 8.33. The highest BCUT2D eigenvalue weighted by Crippen LogP contribution is 2.26. The van der Waals surface area contributed by atoms with Gasteiger partial charge in [-0.15, -0.1) is 0 Å². The molecule has 1 saturated carbocycles. The number of guanidine groups is 1. The van der Waals surface area contributed by atoms with Gasteiger partial charge in [0.1, 0.15) is 0 Å². The van der Waals surface area contributed by atoms with Crippen LogP contribution < -0.4 is 10.6 Å². The Morgan fingerprint density at radius 2 is 2.03 bits per heavy atom. The molecule has 0 bridgehead atoms. The van der Waals surface area contributed by atoms with Crippen molar-refractivity contribution in [3.8, 4) is 0 Å². The van der Waals surface area contributed by atoms with E-state index in [0.717, 1.165) is 56.1 Å². The third kappa shape index (κ3) is 4.92. The molecule has 1 aliphatic carbocycles. The minimum Gasteiger partial charge on any atom is -0.357 e. The van der Waals surface area contributed by atoms with E-state index in [9.17, 15) is 4.79 Å². The lowest BCUT2D eigenvalue weighted by Crippen LogP contribution is -2.45. The summed E-state index contributed by atoms with van der Waals surface area (Å²) in [6.07, 6.45) is 6.82. The number of aromatic nitrogens is 1. The van der Waals surface area contributed by atoms with Gasteiger partial charge in [-0.2, -0.15) is 0 Å². The van der Waals surface area contributed by atoms with Crippen LogP contribution >= 0.6 is 0 Å². The summed E-state index contributed by atoms with van der Waals surface area (Å²) < 4.78 is 0. The number of nitrogens with zero attached hydrogens (tertiary/aromatic N) is 2. The van der Waals surface area contributed by atoms with Gasteiger partial charge in [0.15, 0.2) is 5.96 Å². The van der Waals surface area contributed by atoms with Gasteiger partial charge in [-0.25, -0.2) is 4.99 Å². The number of likely N-dealkylation sites (tertiary alicyclic amines) is 1. The quantitative estimate of drug-likeness (QED) is 0.537. The van der Waals surface area contributed by atoms with Crippen LogP contribution in [-0.2, 0) is 11.3 Å². The monoisotopic (exact) mass is 395 g/mol. The summed E-state index contributed by atoms with van der Waals surface area (Å²) in [6.45, 7) is 5.13. The highest BCUT2D eigenvalue weighted by molar-refractivity contribution is 5.82. The molecule has 1 amide bonds. The summed E-state index contributed by atoms with van der Waals surface area (Å²) in [7, 11) is 0. The number of carbonyl (C=O) groups excluding carboxylic acids is 1. The Labute approximate surface area is 173 Å². The molecule has 1 aromatic carbocycles. The Balaban J connectivity index is 1.34. The molecule has 2 heterocycles. The molecule has 6 nitrogen and oxygen atoms in total. The number of nitrogens with one attached hydrogen (secondary N) is 3. The third-order valence-electron chi connectivity index (χ3n) is 6.13. The van der Waals surface area contributed by atoms with Crippen LogP contribution in [-0.4, -0.2) is 47.4 Å². The van der Waals surface area contributed by atoms with E-state index in [1.165, 1.54) is 24.6 Å². The second-order valence-electron chi connectivity index (χ2n) is 8.33. The minimum atomic E-state index is 0.256. The van der Waals surface area contributed by atoms with Crippen molar-refractivity contribution < 1.29 is 4.79 Å². The van der Waals surface area contributed by atoms with E-state index in [0.29, 0.717) is 12.5 Å². The zero-order valence-corrected chi connectivity index (χ0v) is 17.4. The van der Waals surface area contributed by atoms with Crippen LogP contribution in [0.5, 0.6) is 0 Å². The summed E-state index contributed by atoms with van der Waals surface area (Å²) in [5.41, 5.74) is 2.24. The van der Waals surface area contributed by atoms with Crippen LogP contribution in [0.15, 0.2) is 35.3 Å². The van der Waals surface area contributed by atoms with Gasteiger partial charge < -0.3 is 20.5 Å². The van der Waals surface area contributed by atoms with Crippen LogP contribution in [0.1, 0.15) is 51.1 Å². The van der Waals surface area contributed by atoms with Gasteiger partial charge in [0.25, 0.3) is 0 Å². The first-order valence-corrected chi connectivity index (χ1v) is 11.1. The normalized spacial score (nSPS) is 20.9. The maximum absolute atomic E-state index is 12.8. The van der Waals surface area contributed by atoms with Gasteiger partial charge in [-0.1, -0.05) is 37.5 Å². The molecule has 2 aliphatic rings. The predicted molar refractivity (Wildman–Crippen MR) is 118 cm³/mol. The number of benzene rings is 1. The lowest BCUT2D eigenvalue weighted by molar-refractivity contribution is -0.135. The third-order valence-corrected chi connectivity index (χ3v) is 6.13. The maximum Gasteiger partial charge on any atom is 0.225 e. The molecule has 2 aromatic rings. The van der Waals surface area contributed by atoms with Crippen LogP contribution in [0, 0.1) is 5.92 Å². The zero-order valence-electron chi connectivity index (χ0n) is 17.4. The van der Waals surface area contributed by atoms with E-state index in [2.05, 4.69) is 51.7 Å². The first-order chi connectivity index (χ1) is 14.2. The van der Waals surface area contributed by atoms with Crippen LogP contribution in [0.3, 0.4) is 0 Å². The lowest BCUT2D eigenvalue weighted by atomic mass is 9.88. The molecule has 3 N–H and O–H groups in total. The molecule has 1 aliphatic heterocycles. The molecule has 0 radical (unpaired) electrons. The molecule has 29 heavy (non-hydrogen) atoms. The molecule has 2 fully saturated rings. The molecule has 0 spiro atoms. The van der Waals surface area contributed by atoms with E-state index in [-0.39, 0.29) is 12.0 Å². The molecule has 6 heteroatoms. The van der Waals surface area contributed by atoms with Crippen LogP contribution in [0.25, 0.3) is 10.9 Å². The predicted octanol–water partition coefficient (Wildman–Crippen LogP) is 3.40. The van der Waals surface area contributed by atoms with Gasteiger partial charge in [-0.05, 0) is 43.7 Å². The van der Waals surface area contributed by atoms with Gasteiger partial charge >= 0.3 is 0 Å². The average molecular weight is 396 g/mol. The van der Waals surface area contributed by atoms with Crippen molar-refractivity contribution in [3.63, 3.8) is 0 Å². The fourth-order valence-corrected chi connectivity index (χ4v) is 4.58. The number of amides is 1. The van der Waals surface area contributed by atoms with Gasteiger partial charge in [0.2, 0.25) is 5.91 Å². The highest BCUT2D eigenvalue weighted by atomic mass is 16.2. The van der Waals surface area contributed by atoms with Gasteiger partial charge in [0.05, 0.1) is 6.54 Å². The van der Waals surface area contributed by atoms with E-state index >= 15 is 0 Å². The fourth-order valence-electron chi connectivity index (χ4n) is 4.58. The molecule has 1 saturated heterocycles. The largest absolute Gasteiger partial charge is 0.357 e. The first-order valence-electron chi connectivity index (χ1n) is 11.1. The summed E-state index contributed by atoms with van der Waals surface area (Å²) in [5.74, 6) is 1.45. The van der Waals surface area contributed by atoms with Crippen molar-refractivity contribution in [2.45, 2.75) is 58.0 Å². The molecule has 1 atom stereocenters. The zero-order chi connectivity index (χ0) is 20.1. The van der Waals surface area contributed by atoms with Crippen molar-refractivity contribution in [1.29, 1.82) is 0 Å². The van der Waals surface area contributed by atoms with Crippen molar-refractivity contribution in [1.82, 2.24) is 20.5 Å². The average Bonchev–Trinajstić information content (AvgIpc) is 3.39. The number of aromatic amines is 1. The Kier molecular flexibility index (Phi) is 6.37. The number of hydrogen-bond acceptors (Lipinski definition) is 2. The maximum atomic E-state index is 12.8. The summed E-state index contributed by atoms with van der Waals surface area (Å²) in [6, 6.07) is 10.7. The molecule has 4 rings (SSSR count). The van der Waals surface area contributed by atoms with E-state index in [1.807, 2.05) is 6.07 Å². The number of aliphatic imine (C=N–C) groups is 1. The van der Waals surface area contributed by atoms with Crippen molar-refractivity contribution >= 4 is 22.8 Å². The lowest BCUT2D eigenvalue weighted by Gasteiger charge is -2.26. The topological polar surface area (TPSA) is 72.5 Å². The Hall–Kier alpha value is -2.50. The Bertz CT molecular complexity index is 819. The number of para-hydroxylation sites is 1. The number of carbonyl (C=O) groups is 1. The smallest absolute Gasteiger partial charge is 0.225 e. The van der Waals surface area contributed by atoms with Crippen molar-refractivity contribution in [3.05, 3.63) is 36.0 Å². The van der Waals surface area contributed by atoms with Crippen LogP contribution in [0.2, 0.25) is 0 Å². The van der Waals surface area contributed by atoms with Crippen LogP contribution in [0.4, 0.5) is 0 Å². The van der Waals surface area contributed by atoms with Crippen molar-refractivity contribution in [2.75, 3.05) is 19.6 Å². The minimum absolute atomic E-state index is 0.256. The second kappa shape index (κ2) is 9.33. The first kappa shape index (κ1) is 19.8. The standard InChI is InChI=1S/C23H33N5O/c1-2-24-23(25-15-20-14-18-10-6-7-11-21(18)26-20)27-19-12-13-28(16-19)22(29)17-8-4-3-5-9-17/h6-7,10-11,14,17,19,26H,2-5,8-9,12-13,15-16H2,1H3,(H2,24,25,27). The highest BCUT2D eigenvalue weighted by Gasteiger charge is 2.31. The van der Waals surface area contributed by atoms with E-state index in [4.69, 9.17) is 4.99 Å². The summed E-state index contributed by atoms with van der Waals surface area (Å²) >= 11 is 0. The molecule has 1 unspecified atom stereocenters. The Morgan fingerprint density at radius 1 is 1.21 bits per heavy atom. The van der Waals surface area contributed by atoms with Gasteiger partial charge in [0, 0.05) is 42.8 Å². The SMILES string of the molecule is CCNC(=NCc1cc2ccccc2[nH]1)NC1CCN(C(=O)C2CCCCC2)C1. The number of fused-ring (bicyclic) bond motifs is 1. The fraction of sp³-hybridized carbons (Fsp3) is 0.565. The molecule has 1 aromatic heterocycles. The molecular formula is C23H33N5O. The molecule has 156 valence electrons. The van der Waals surface area contributed by atoms with E-state index < -0.39 is 0 Å². The summed E-state index contributed by atoms with van der Waals surface area (Å²) in [4.78, 5) is 23.1. The number of H-pyrrole nitrogens is 1. The number of rotatable bonds is 5. The van der Waals surface area contributed by atoms with Gasteiger partial charge in [-0.3, -0.25) is 4.79 Å². The Morgan fingerprint density at radius 3 is 2.83 bits per heavy atom. The summed E-state index contributed by atoms with van der Waals surface area (Å²) in [5, 5.41) is 8.09. The number of hydrogen-bond donors (Lipinski definition) is 3. The van der Waals surface area contributed by atoms with Crippen molar-refractivity contribution in [2.24, 2.45) is 10.9 Å². The molecular weight excluding hydrogens is 362 g/mol.